The van der Waals surface area contributed by atoms with Gasteiger partial charge in [-0.25, -0.2) is 4.79 Å². The molecule has 1 aliphatic heterocycles. The Morgan fingerprint density at radius 1 is 1.89 bits per heavy atom. The molecule has 0 aromatic carbocycles. The van der Waals surface area contributed by atoms with Gasteiger partial charge in [0.15, 0.2) is 0 Å². The number of amides is 2. The van der Waals surface area contributed by atoms with Crippen LogP contribution in [0.2, 0.25) is 0 Å². The lowest BCUT2D eigenvalue weighted by molar-refractivity contribution is 0.226. The van der Waals surface area contributed by atoms with E-state index in [0.29, 0.717) is 6.04 Å². The first-order chi connectivity index (χ1) is 4.24. The predicted octanol–water partition coefficient (Wildman–Crippen LogP) is 0.420. The zero-order chi connectivity index (χ0) is 6.85. The van der Waals surface area contributed by atoms with E-state index < -0.39 is 0 Å². The van der Waals surface area contributed by atoms with Crippen molar-refractivity contribution < 1.29 is 4.79 Å². The normalized spacial score (nSPS) is 26.7. The second kappa shape index (κ2) is 2.25. The number of carbonyl (C=O) groups is 1. The fourth-order valence-corrected chi connectivity index (χ4v) is 0.975. The van der Waals surface area contributed by atoms with Crippen LogP contribution in [0.4, 0.5) is 4.79 Å². The van der Waals surface area contributed by atoms with Crippen LogP contribution in [-0.4, -0.2) is 30.6 Å². The SMILES string of the molecule is CCC1CN(C)C(=O)N1. The lowest BCUT2D eigenvalue weighted by Gasteiger charge is -2.03. The topological polar surface area (TPSA) is 32.3 Å². The summed E-state index contributed by atoms with van der Waals surface area (Å²) in [6.45, 7) is 2.93. The Morgan fingerprint density at radius 3 is 2.78 bits per heavy atom. The Hall–Kier alpha value is -0.730. The highest BCUT2D eigenvalue weighted by molar-refractivity contribution is 5.76. The Bertz CT molecular complexity index is 124. The molecule has 0 spiro atoms. The van der Waals surface area contributed by atoms with Gasteiger partial charge in [0.2, 0.25) is 0 Å². The van der Waals surface area contributed by atoms with E-state index in [2.05, 4.69) is 12.2 Å². The van der Waals surface area contributed by atoms with Crippen LogP contribution in [0.25, 0.3) is 0 Å². The molecular weight excluding hydrogens is 116 g/mol. The Kier molecular flexibility index (Phi) is 1.60. The number of rotatable bonds is 1. The van der Waals surface area contributed by atoms with Crippen LogP contribution in [0.3, 0.4) is 0 Å². The van der Waals surface area contributed by atoms with E-state index in [9.17, 15) is 4.79 Å². The van der Waals surface area contributed by atoms with Crippen LogP contribution in [-0.2, 0) is 0 Å². The number of hydrogen-bond acceptors (Lipinski definition) is 1. The summed E-state index contributed by atoms with van der Waals surface area (Å²) in [6.07, 6.45) is 1.02. The molecule has 0 saturated carbocycles. The van der Waals surface area contributed by atoms with Gasteiger partial charge < -0.3 is 10.2 Å². The number of hydrogen-bond donors (Lipinski definition) is 1. The molecule has 1 N–H and O–H groups in total. The fourth-order valence-electron chi connectivity index (χ4n) is 0.975. The average molecular weight is 128 g/mol. The summed E-state index contributed by atoms with van der Waals surface area (Å²) in [5.41, 5.74) is 0. The smallest absolute Gasteiger partial charge is 0.317 e. The van der Waals surface area contributed by atoms with Crippen molar-refractivity contribution in [3.8, 4) is 0 Å². The van der Waals surface area contributed by atoms with Crippen LogP contribution < -0.4 is 5.32 Å². The maximum atomic E-state index is 10.8. The molecule has 9 heavy (non-hydrogen) atoms. The first kappa shape index (κ1) is 6.39. The zero-order valence-electron chi connectivity index (χ0n) is 5.85. The molecule has 0 aromatic rings. The Morgan fingerprint density at radius 2 is 2.56 bits per heavy atom. The van der Waals surface area contributed by atoms with Gasteiger partial charge in [0.05, 0.1) is 0 Å². The third-order valence-corrected chi connectivity index (χ3v) is 1.66. The third-order valence-electron chi connectivity index (χ3n) is 1.66. The highest BCUT2D eigenvalue weighted by atomic mass is 16.2. The molecule has 1 unspecified atom stereocenters. The van der Waals surface area contributed by atoms with Gasteiger partial charge in [-0.2, -0.15) is 0 Å². The summed E-state index contributed by atoms with van der Waals surface area (Å²) >= 11 is 0. The molecular formula is C6H12N2O. The first-order valence-electron chi connectivity index (χ1n) is 3.25. The highest BCUT2D eigenvalue weighted by Crippen LogP contribution is 2.02. The zero-order valence-corrected chi connectivity index (χ0v) is 5.85. The van der Waals surface area contributed by atoms with E-state index in [1.807, 2.05) is 7.05 Å². The molecule has 1 rings (SSSR count). The van der Waals surface area contributed by atoms with E-state index in [4.69, 9.17) is 0 Å². The summed E-state index contributed by atoms with van der Waals surface area (Å²) in [5.74, 6) is 0. The van der Waals surface area contributed by atoms with Gasteiger partial charge >= 0.3 is 6.03 Å². The number of nitrogens with one attached hydrogen (secondary N) is 1. The molecule has 1 heterocycles. The van der Waals surface area contributed by atoms with Crippen molar-refractivity contribution in [2.24, 2.45) is 0 Å². The van der Waals surface area contributed by atoms with Gasteiger partial charge in [0, 0.05) is 19.6 Å². The summed E-state index contributed by atoms with van der Waals surface area (Å²) in [4.78, 5) is 12.5. The van der Waals surface area contributed by atoms with Crippen molar-refractivity contribution in [1.82, 2.24) is 10.2 Å². The van der Waals surface area contributed by atoms with Crippen molar-refractivity contribution in [2.45, 2.75) is 19.4 Å². The molecule has 1 fully saturated rings. The van der Waals surface area contributed by atoms with Gasteiger partial charge in [0.25, 0.3) is 0 Å². The van der Waals surface area contributed by atoms with Gasteiger partial charge in [-0.15, -0.1) is 0 Å². The largest absolute Gasteiger partial charge is 0.333 e. The molecule has 0 radical (unpaired) electrons. The van der Waals surface area contributed by atoms with E-state index >= 15 is 0 Å². The van der Waals surface area contributed by atoms with Gasteiger partial charge in [-0.05, 0) is 6.42 Å². The molecule has 0 aromatic heterocycles. The molecule has 0 aliphatic carbocycles. The monoisotopic (exact) mass is 128 g/mol. The van der Waals surface area contributed by atoms with E-state index in [-0.39, 0.29) is 6.03 Å². The van der Waals surface area contributed by atoms with Crippen LogP contribution in [0.1, 0.15) is 13.3 Å². The fraction of sp³-hybridized carbons (Fsp3) is 0.833. The molecule has 3 heteroatoms. The van der Waals surface area contributed by atoms with Crippen molar-refractivity contribution >= 4 is 6.03 Å². The predicted molar refractivity (Wildman–Crippen MR) is 35.2 cm³/mol. The minimum atomic E-state index is 0.0573. The Balaban J connectivity index is 2.44. The molecule has 52 valence electrons. The van der Waals surface area contributed by atoms with Crippen LogP contribution in [0.5, 0.6) is 0 Å². The number of carbonyl (C=O) groups excluding carboxylic acids is 1. The maximum Gasteiger partial charge on any atom is 0.317 e. The summed E-state index contributed by atoms with van der Waals surface area (Å²) in [5, 5.41) is 2.84. The minimum absolute atomic E-state index is 0.0573. The summed E-state index contributed by atoms with van der Waals surface area (Å²) in [6, 6.07) is 0.435. The molecule has 2 amide bonds. The van der Waals surface area contributed by atoms with E-state index in [1.54, 1.807) is 4.90 Å². The second-order valence-corrected chi connectivity index (χ2v) is 2.44. The maximum absolute atomic E-state index is 10.8. The minimum Gasteiger partial charge on any atom is -0.333 e. The van der Waals surface area contributed by atoms with Crippen molar-refractivity contribution in [2.75, 3.05) is 13.6 Å². The van der Waals surface area contributed by atoms with Crippen molar-refractivity contribution in [1.29, 1.82) is 0 Å². The Labute approximate surface area is 55.0 Å². The lowest BCUT2D eigenvalue weighted by atomic mass is 10.2. The number of urea groups is 1. The standard InChI is InChI=1S/C6H12N2O/c1-3-5-4-8(2)6(9)7-5/h5H,3-4H2,1-2H3,(H,7,9). The number of nitrogens with zero attached hydrogens (tertiary/aromatic N) is 1. The van der Waals surface area contributed by atoms with E-state index in [1.165, 1.54) is 0 Å². The quantitative estimate of drug-likeness (QED) is 0.545. The van der Waals surface area contributed by atoms with Gasteiger partial charge in [-0.3, -0.25) is 0 Å². The molecule has 1 saturated heterocycles. The highest BCUT2D eigenvalue weighted by Gasteiger charge is 2.23. The number of likely N-dealkylation sites (N-methyl/N-ethyl adjacent to an activating group) is 1. The molecule has 0 bridgehead atoms. The van der Waals surface area contributed by atoms with Crippen molar-refractivity contribution in [3.05, 3.63) is 0 Å². The van der Waals surface area contributed by atoms with Crippen LogP contribution >= 0.6 is 0 Å². The van der Waals surface area contributed by atoms with Crippen molar-refractivity contribution in [3.63, 3.8) is 0 Å². The average Bonchev–Trinajstić information content (AvgIpc) is 2.13. The molecule has 1 atom stereocenters. The summed E-state index contributed by atoms with van der Waals surface area (Å²) < 4.78 is 0. The molecule has 1 aliphatic rings. The van der Waals surface area contributed by atoms with Gasteiger partial charge in [-0.1, -0.05) is 6.92 Å². The van der Waals surface area contributed by atoms with Crippen LogP contribution in [0, 0.1) is 0 Å². The van der Waals surface area contributed by atoms with Gasteiger partial charge in [0.1, 0.15) is 0 Å². The lowest BCUT2D eigenvalue weighted by Crippen LogP contribution is -2.26. The molecule has 3 nitrogen and oxygen atoms in total. The summed E-state index contributed by atoms with van der Waals surface area (Å²) in [7, 11) is 1.81. The van der Waals surface area contributed by atoms with E-state index in [0.717, 1.165) is 13.0 Å². The second-order valence-electron chi connectivity index (χ2n) is 2.44. The third kappa shape index (κ3) is 1.15. The van der Waals surface area contributed by atoms with Crippen LogP contribution in [0.15, 0.2) is 0 Å². The first-order valence-corrected chi connectivity index (χ1v) is 3.25.